The van der Waals surface area contributed by atoms with Crippen LogP contribution in [0.5, 0.6) is 0 Å². The molecule has 26 heteroatoms. The van der Waals surface area contributed by atoms with Crippen LogP contribution in [0.15, 0.2) is 0 Å². The second-order valence-electron chi connectivity index (χ2n) is 5.00. The predicted octanol–water partition coefficient (Wildman–Crippen LogP) is -7.55. The van der Waals surface area contributed by atoms with E-state index < -0.39 is 67.9 Å². The lowest BCUT2D eigenvalue weighted by Crippen LogP contribution is -2.63. The summed E-state index contributed by atoms with van der Waals surface area (Å²) < 4.78 is 35.5. The summed E-state index contributed by atoms with van der Waals surface area (Å²) in [6.07, 6.45) is -9.84. The summed E-state index contributed by atoms with van der Waals surface area (Å²) in [6, 6.07) is 0. The second-order valence-corrected chi connectivity index (χ2v) is 9.10. The third-order valence-corrected chi connectivity index (χ3v) is 2.10. The zero-order valence-corrected chi connectivity index (χ0v) is 18.5. The van der Waals surface area contributed by atoms with Gasteiger partial charge in [-0.3, -0.25) is 0 Å². The predicted molar refractivity (Wildman–Crippen MR) is 93.1 cm³/mol. The van der Waals surface area contributed by atoms with E-state index in [-0.39, 0.29) is 0 Å². The van der Waals surface area contributed by atoms with E-state index in [0.29, 0.717) is 0 Å². The van der Waals surface area contributed by atoms with E-state index in [9.17, 15) is 0 Å². The molecule has 200 valence electrons. The molecule has 0 aromatic carbocycles. The molecule has 1 rings (SSSR count). The van der Waals surface area contributed by atoms with Crippen LogP contribution < -0.4 is 0 Å². The summed E-state index contributed by atoms with van der Waals surface area (Å²) in [5, 5.41) is 53.8. The normalized spacial score (nSPS) is 28.2. The van der Waals surface area contributed by atoms with Crippen molar-refractivity contribution in [1.82, 2.24) is 0 Å². The van der Waals surface area contributed by atoms with Crippen LogP contribution in [0, 0.1) is 0 Å². The van der Waals surface area contributed by atoms with Crippen LogP contribution in [0.2, 0.25) is 0 Å². The maximum Gasteiger partial charge on any atom is 0.466 e. The van der Waals surface area contributed by atoms with Gasteiger partial charge in [-0.15, -0.1) is 0 Å². The Bertz CT molecular complexity index is 498. The zero-order chi connectivity index (χ0) is 27.5. The highest BCUT2D eigenvalue weighted by Crippen LogP contribution is 2.27. The first kappa shape index (κ1) is 39.4. The summed E-state index contributed by atoms with van der Waals surface area (Å²) in [5.74, 6) is 0. The lowest BCUT2D eigenvalue weighted by Gasteiger charge is -2.39. The number of hydrogen-bond donors (Lipinski definition) is 18. The average molecular weight is 572 g/mol. The summed E-state index contributed by atoms with van der Waals surface area (Å²) >= 11 is 0. The molecular formula is C6H24O22P4. The van der Waals surface area contributed by atoms with Gasteiger partial charge in [-0.2, -0.15) is 0 Å². The first-order chi connectivity index (χ1) is 13.5. The van der Waals surface area contributed by atoms with Gasteiger partial charge in [0.25, 0.3) is 0 Å². The molecule has 1 saturated carbocycles. The number of hydrogen-bond acceptors (Lipinski definition) is 10. The van der Waals surface area contributed by atoms with Gasteiger partial charge in [0.2, 0.25) is 0 Å². The van der Waals surface area contributed by atoms with E-state index in [2.05, 4.69) is 0 Å². The molecule has 1 fully saturated rings. The molecule has 0 bridgehead atoms. The molecule has 1 aliphatic carbocycles. The Morgan fingerprint density at radius 3 is 0.344 bits per heavy atom. The Balaban J connectivity index is -0.000000167. The largest absolute Gasteiger partial charge is 0.466 e. The molecule has 0 atom stereocenters. The highest BCUT2D eigenvalue weighted by molar-refractivity contribution is 7.45. The van der Waals surface area contributed by atoms with Gasteiger partial charge in [0.1, 0.15) is 36.6 Å². The SMILES string of the molecule is O=P(O)(O)O.O=P(O)(O)O.O=P(O)(O)O.O=P(O)(O)O.O[C@H]1[C@H](O)[C@@H](O)[C@H](O)[C@@H](O)[C@H]1O. The Kier molecular flexibility index (Phi) is 19.7. The van der Waals surface area contributed by atoms with E-state index >= 15 is 0 Å². The molecule has 18 N–H and O–H groups in total. The van der Waals surface area contributed by atoms with Crippen molar-refractivity contribution >= 4 is 31.3 Å². The number of phosphoric acid groups is 4. The van der Waals surface area contributed by atoms with Gasteiger partial charge in [-0.05, 0) is 0 Å². The molecular weight excluding hydrogens is 548 g/mol. The van der Waals surface area contributed by atoms with Crippen molar-refractivity contribution in [1.29, 1.82) is 0 Å². The molecule has 0 aromatic heterocycles. The monoisotopic (exact) mass is 572 g/mol. The molecule has 0 radical (unpaired) electrons. The average Bonchev–Trinajstić information content (AvgIpc) is 2.42. The summed E-state index contributed by atoms with van der Waals surface area (Å²) in [6.45, 7) is 0. The van der Waals surface area contributed by atoms with Crippen molar-refractivity contribution in [3.05, 3.63) is 0 Å². The molecule has 0 spiro atoms. The van der Waals surface area contributed by atoms with Gasteiger partial charge in [0, 0.05) is 0 Å². The summed E-state index contributed by atoms with van der Waals surface area (Å²) in [7, 11) is -18.6. The number of aliphatic hydroxyl groups is 6. The van der Waals surface area contributed by atoms with Crippen molar-refractivity contribution in [2.24, 2.45) is 0 Å². The Labute approximate surface area is 176 Å². The first-order valence-electron chi connectivity index (χ1n) is 6.68. The van der Waals surface area contributed by atoms with E-state index in [1.807, 2.05) is 0 Å². The Morgan fingerprint density at radius 2 is 0.312 bits per heavy atom. The van der Waals surface area contributed by atoms with E-state index in [1.54, 1.807) is 0 Å². The molecule has 0 saturated heterocycles. The fraction of sp³-hybridized carbons (Fsp3) is 1.00. The van der Waals surface area contributed by atoms with Crippen molar-refractivity contribution in [2.75, 3.05) is 0 Å². The van der Waals surface area contributed by atoms with Crippen LogP contribution in [-0.2, 0) is 18.3 Å². The number of rotatable bonds is 0. The fourth-order valence-corrected chi connectivity index (χ4v) is 1.21. The van der Waals surface area contributed by atoms with Gasteiger partial charge in [-0.1, -0.05) is 0 Å². The Morgan fingerprint density at radius 1 is 0.281 bits per heavy atom. The lowest BCUT2D eigenvalue weighted by molar-refractivity contribution is -0.223. The Hall–Kier alpha value is 0.200. The van der Waals surface area contributed by atoms with Crippen LogP contribution in [-0.4, -0.2) is 126 Å². The van der Waals surface area contributed by atoms with Gasteiger partial charge in [0.15, 0.2) is 0 Å². The second kappa shape index (κ2) is 16.0. The third-order valence-electron chi connectivity index (χ3n) is 2.10. The van der Waals surface area contributed by atoms with Crippen LogP contribution >= 0.6 is 31.3 Å². The topological polar surface area (TPSA) is 432 Å². The zero-order valence-electron chi connectivity index (χ0n) is 14.9. The minimum atomic E-state index is -4.64. The minimum Gasteiger partial charge on any atom is -0.387 e. The molecule has 22 nitrogen and oxygen atoms in total. The minimum absolute atomic E-state index is 1.64. The lowest BCUT2D eigenvalue weighted by atomic mass is 9.85. The van der Waals surface area contributed by atoms with Crippen LogP contribution in [0.1, 0.15) is 0 Å². The van der Waals surface area contributed by atoms with E-state index in [1.165, 1.54) is 0 Å². The molecule has 0 aliphatic heterocycles. The van der Waals surface area contributed by atoms with E-state index in [4.69, 9.17) is 108 Å². The van der Waals surface area contributed by atoms with Crippen molar-refractivity contribution in [3.63, 3.8) is 0 Å². The van der Waals surface area contributed by atoms with Crippen LogP contribution in [0.3, 0.4) is 0 Å². The van der Waals surface area contributed by atoms with Crippen LogP contribution in [0.25, 0.3) is 0 Å². The first-order valence-corrected chi connectivity index (χ1v) is 12.9. The number of aliphatic hydroxyl groups excluding tert-OH is 6. The van der Waals surface area contributed by atoms with Gasteiger partial charge < -0.3 is 89.4 Å². The van der Waals surface area contributed by atoms with Gasteiger partial charge in [-0.25, -0.2) is 18.3 Å². The molecule has 32 heavy (non-hydrogen) atoms. The van der Waals surface area contributed by atoms with Crippen molar-refractivity contribution in [2.45, 2.75) is 36.6 Å². The maximum atomic E-state index is 8.97. The molecule has 0 amide bonds. The van der Waals surface area contributed by atoms with E-state index in [0.717, 1.165) is 0 Å². The molecule has 0 heterocycles. The molecule has 1 aliphatic rings. The third kappa shape index (κ3) is 44.0. The van der Waals surface area contributed by atoms with Gasteiger partial charge >= 0.3 is 31.3 Å². The highest BCUT2D eigenvalue weighted by atomic mass is 31.2. The molecule has 0 unspecified atom stereocenters. The summed E-state index contributed by atoms with van der Waals surface area (Å²) in [5.41, 5.74) is 0. The fourth-order valence-electron chi connectivity index (χ4n) is 1.21. The highest BCUT2D eigenvalue weighted by Gasteiger charge is 2.47. The van der Waals surface area contributed by atoms with Crippen molar-refractivity contribution in [3.8, 4) is 0 Å². The van der Waals surface area contributed by atoms with Crippen molar-refractivity contribution < 1.29 is 108 Å². The smallest absolute Gasteiger partial charge is 0.387 e. The quantitative estimate of drug-likeness (QED) is 0.120. The maximum absolute atomic E-state index is 8.97. The standard InChI is InChI=1S/C6H12O6.4H3O4P/c7-1-2(8)4(10)6(12)5(11)3(1)9;4*1-5(2,3)4/h1-12H;4*(H3,1,2,3,4)/t1-,2-,3-,4+,5-,6-;;;;. The summed E-state index contributed by atoms with van der Waals surface area (Å²) in [4.78, 5) is 86.2. The molecule has 0 aromatic rings. The van der Waals surface area contributed by atoms with Gasteiger partial charge in [0.05, 0.1) is 0 Å². The van der Waals surface area contributed by atoms with Crippen LogP contribution in [0.4, 0.5) is 0 Å².